The summed E-state index contributed by atoms with van der Waals surface area (Å²) in [6.45, 7) is 8.09. The first-order chi connectivity index (χ1) is 15.3. The van der Waals surface area contributed by atoms with Gasteiger partial charge >= 0.3 is 0 Å². The first-order valence-corrected chi connectivity index (χ1v) is 10.9. The largest absolute Gasteiger partial charge is 0.326 e. The number of rotatable bonds is 9. The maximum atomic E-state index is 13.0. The van der Waals surface area contributed by atoms with Crippen LogP contribution in [0.25, 0.3) is 0 Å². The molecule has 7 nitrogen and oxygen atoms in total. The lowest BCUT2D eigenvalue weighted by atomic mass is 10.1. The number of aromatic nitrogens is 3. The summed E-state index contributed by atoms with van der Waals surface area (Å²) in [5.74, 6) is -0.259. The summed E-state index contributed by atoms with van der Waals surface area (Å²) in [6, 6.07) is 11.4. The highest BCUT2D eigenvalue weighted by Crippen LogP contribution is 2.19. The Kier molecular flexibility index (Phi) is 7.77. The fourth-order valence-electron chi connectivity index (χ4n) is 3.13. The topological polar surface area (TPSA) is 88.9 Å². The van der Waals surface area contributed by atoms with E-state index in [1.807, 2.05) is 32.0 Å². The summed E-state index contributed by atoms with van der Waals surface area (Å²) in [5.41, 5.74) is 3.38. The number of hydrogen-bond donors (Lipinski definition) is 2. The van der Waals surface area contributed by atoms with E-state index < -0.39 is 0 Å². The molecule has 0 fully saturated rings. The Balaban J connectivity index is 1.62. The Morgan fingerprint density at radius 1 is 1.03 bits per heavy atom. The van der Waals surface area contributed by atoms with Crippen LogP contribution in [0, 0.1) is 19.7 Å². The van der Waals surface area contributed by atoms with Crippen LogP contribution in [-0.2, 0) is 22.6 Å². The van der Waals surface area contributed by atoms with Gasteiger partial charge in [0.25, 0.3) is 0 Å². The number of benzene rings is 2. The number of anilines is 2. The van der Waals surface area contributed by atoms with Crippen LogP contribution in [0.1, 0.15) is 17.0 Å². The number of carbonyl (C=O) groups is 2. The van der Waals surface area contributed by atoms with Crippen LogP contribution in [0.4, 0.5) is 15.8 Å². The molecule has 166 valence electrons. The molecule has 2 aromatic carbocycles. The van der Waals surface area contributed by atoms with E-state index in [0.29, 0.717) is 23.2 Å². The summed E-state index contributed by atoms with van der Waals surface area (Å²) < 4.78 is 14.8. The fourth-order valence-corrected chi connectivity index (χ4v) is 3.89. The van der Waals surface area contributed by atoms with Crippen LogP contribution in [-0.4, -0.2) is 32.3 Å². The third-order valence-electron chi connectivity index (χ3n) is 4.39. The molecule has 0 spiro atoms. The number of nitrogens with zero attached hydrogens (tertiary/aromatic N) is 3. The molecule has 0 radical (unpaired) electrons. The molecule has 3 aromatic rings. The zero-order chi connectivity index (χ0) is 23.1. The van der Waals surface area contributed by atoms with E-state index in [1.54, 1.807) is 10.6 Å². The second-order valence-corrected chi connectivity index (χ2v) is 8.19. The van der Waals surface area contributed by atoms with Crippen molar-refractivity contribution in [1.29, 1.82) is 0 Å². The Morgan fingerprint density at radius 3 is 2.34 bits per heavy atom. The van der Waals surface area contributed by atoms with Crippen LogP contribution in [0.2, 0.25) is 0 Å². The minimum absolute atomic E-state index is 0.0203. The Bertz CT molecular complexity index is 1110. The normalized spacial score (nSPS) is 10.6. The van der Waals surface area contributed by atoms with Crippen LogP contribution in [0.15, 0.2) is 60.3 Å². The van der Waals surface area contributed by atoms with E-state index in [0.717, 1.165) is 16.8 Å². The van der Waals surface area contributed by atoms with Crippen molar-refractivity contribution in [3.8, 4) is 0 Å². The zero-order valence-electron chi connectivity index (χ0n) is 17.9. The number of halogens is 1. The third-order valence-corrected chi connectivity index (χ3v) is 5.36. The van der Waals surface area contributed by atoms with Gasteiger partial charge in [0.1, 0.15) is 11.6 Å². The number of nitrogens with one attached hydrogen (secondary N) is 2. The standard InChI is InChI=1S/C23H24FN5O2S/c1-4-9-29-20(13-21(30)25-18-7-5-17(24)6-8-18)27-28-23(29)32-14-22(31)26-19-11-15(2)10-16(3)12-19/h4-8,10-12H,1,9,13-14H2,2-3H3,(H,25,30)(H,26,31). The number of allylic oxidation sites excluding steroid dienone is 1. The molecule has 0 unspecified atom stereocenters. The van der Waals surface area contributed by atoms with E-state index in [4.69, 9.17) is 0 Å². The highest BCUT2D eigenvalue weighted by atomic mass is 32.2. The lowest BCUT2D eigenvalue weighted by Gasteiger charge is -2.09. The molecule has 0 aliphatic heterocycles. The zero-order valence-corrected chi connectivity index (χ0v) is 18.7. The van der Waals surface area contributed by atoms with Crippen molar-refractivity contribution in [3.05, 3.63) is 77.9 Å². The predicted molar refractivity (Wildman–Crippen MR) is 124 cm³/mol. The van der Waals surface area contributed by atoms with Crippen LogP contribution < -0.4 is 10.6 Å². The van der Waals surface area contributed by atoms with Gasteiger partial charge in [0.15, 0.2) is 5.16 Å². The summed E-state index contributed by atoms with van der Waals surface area (Å²) in [7, 11) is 0. The van der Waals surface area contributed by atoms with Crippen molar-refractivity contribution in [3.63, 3.8) is 0 Å². The quantitative estimate of drug-likeness (QED) is 0.376. The first-order valence-electron chi connectivity index (χ1n) is 9.93. The second kappa shape index (κ2) is 10.7. The molecule has 0 bridgehead atoms. The molecule has 0 atom stereocenters. The van der Waals surface area contributed by atoms with Gasteiger partial charge in [-0.1, -0.05) is 23.9 Å². The fraction of sp³-hybridized carbons (Fsp3) is 0.217. The monoisotopic (exact) mass is 453 g/mol. The average Bonchev–Trinajstić information content (AvgIpc) is 3.09. The van der Waals surface area contributed by atoms with Gasteiger partial charge in [-0.3, -0.25) is 9.59 Å². The molecule has 2 amide bonds. The van der Waals surface area contributed by atoms with Crippen molar-refractivity contribution < 1.29 is 14.0 Å². The van der Waals surface area contributed by atoms with Crippen LogP contribution in [0.3, 0.4) is 0 Å². The molecule has 0 aliphatic rings. The maximum Gasteiger partial charge on any atom is 0.234 e. The molecular weight excluding hydrogens is 429 g/mol. The molecular formula is C23H24FN5O2S. The molecule has 9 heteroatoms. The highest BCUT2D eigenvalue weighted by molar-refractivity contribution is 7.99. The molecule has 2 N–H and O–H groups in total. The van der Waals surface area contributed by atoms with Gasteiger partial charge in [-0.05, 0) is 61.4 Å². The number of thioether (sulfide) groups is 1. The molecule has 0 saturated carbocycles. The van der Waals surface area contributed by atoms with Gasteiger partial charge < -0.3 is 15.2 Å². The Morgan fingerprint density at radius 2 is 1.69 bits per heavy atom. The average molecular weight is 454 g/mol. The Labute approximate surface area is 190 Å². The van der Waals surface area contributed by atoms with Gasteiger partial charge in [-0.2, -0.15) is 0 Å². The lowest BCUT2D eigenvalue weighted by Crippen LogP contribution is -2.18. The van der Waals surface area contributed by atoms with Crippen LogP contribution in [0.5, 0.6) is 0 Å². The minimum atomic E-state index is -0.378. The summed E-state index contributed by atoms with van der Waals surface area (Å²) in [6.07, 6.45) is 1.65. The SMILES string of the molecule is C=CCn1c(CC(=O)Nc2ccc(F)cc2)nnc1SCC(=O)Nc1cc(C)cc(C)c1. The number of aryl methyl sites for hydroxylation is 2. The van der Waals surface area contributed by atoms with E-state index in [9.17, 15) is 14.0 Å². The Hall–Kier alpha value is -3.46. The number of hydrogen-bond acceptors (Lipinski definition) is 5. The molecule has 1 heterocycles. The number of amides is 2. The minimum Gasteiger partial charge on any atom is -0.326 e. The van der Waals surface area contributed by atoms with E-state index in [-0.39, 0.29) is 29.8 Å². The second-order valence-electron chi connectivity index (χ2n) is 7.24. The predicted octanol–water partition coefficient (Wildman–Crippen LogP) is 4.13. The van der Waals surface area contributed by atoms with Crippen molar-refractivity contribution in [1.82, 2.24) is 14.8 Å². The number of carbonyl (C=O) groups excluding carboxylic acids is 2. The van der Waals surface area contributed by atoms with Crippen molar-refractivity contribution in [2.75, 3.05) is 16.4 Å². The highest BCUT2D eigenvalue weighted by Gasteiger charge is 2.16. The van der Waals surface area contributed by atoms with Gasteiger partial charge in [0, 0.05) is 17.9 Å². The van der Waals surface area contributed by atoms with E-state index in [1.165, 1.54) is 36.0 Å². The third kappa shape index (κ3) is 6.52. The smallest absolute Gasteiger partial charge is 0.234 e. The summed E-state index contributed by atoms with van der Waals surface area (Å²) >= 11 is 1.23. The van der Waals surface area contributed by atoms with Gasteiger partial charge in [0.05, 0.1) is 12.2 Å². The molecule has 0 saturated heterocycles. The van der Waals surface area contributed by atoms with E-state index >= 15 is 0 Å². The molecule has 0 aliphatic carbocycles. The molecule has 1 aromatic heterocycles. The molecule has 32 heavy (non-hydrogen) atoms. The van der Waals surface area contributed by atoms with Gasteiger partial charge in [-0.25, -0.2) is 4.39 Å². The lowest BCUT2D eigenvalue weighted by molar-refractivity contribution is -0.116. The van der Waals surface area contributed by atoms with Gasteiger partial charge in [0.2, 0.25) is 11.8 Å². The summed E-state index contributed by atoms with van der Waals surface area (Å²) in [5, 5.41) is 14.3. The van der Waals surface area contributed by atoms with Gasteiger partial charge in [-0.15, -0.1) is 16.8 Å². The van der Waals surface area contributed by atoms with E-state index in [2.05, 4.69) is 27.4 Å². The van der Waals surface area contributed by atoms with Crippen molar-refractivity contribution in [2.24, 2.45) is 0 Å². The maximum absolute atomic E-state index is 13.0. The first kappa shape index (κ1) is 23.2. The van der Waals surface area contributed by atoms with Crippen LogP contribution >= 0.6 is 11.8 Å². The molecule has 3 rings (SSSR count). The van der Waals surface area contributed by atoms with Crippen molar-refractivity contribution in [2.45, 2.75) is 32.0 Å². The van der Waals surface area contributed by atoms with Crippen molar-refractivity contribution >= 4 is 35.0 Å². The summed E-state index contributed by atoms with van der Waals surface area (Å²) in [4.78, 5) is 24.8.